The molecule has 0 heterocycles. The second-order valence-electron chi connectivity index (χ2n) is 5.73. The first-order valence-corrected chi connectivity index (χ1v) is 9.03. The fourth-order valence-corrected chi connectivity index (χ4v) is 3.32. The third-order valence-corrected chi connectivity index (χ3v) is 4.89. The Labute approximate surface area is 211 Å². The second kappa shape index (κ2) is 10.1. The Hall–Kier alpha value is -1.30. The summed E-state index contributed by atoms with van der Waals surface area (Å²) in [5.41, 5.74) is -0.335. The maximum Gasteiger partial charge on any atom is 1.00 e. The zero-order chi connectivity index (χ0) is 19.8. The normalized spacial score (nSPS) is 11.1. The minimum absolute atomic E-state index is 0. The number of carboxylic acid groups (broad SMARTS) is 1. The summed E-state index contributed by atoms with van der Waals surface area (Å²) in [7, 11) is -4.69. The van der Waals surface area contributed by atoms with Crippen molar-refractivity contribution in [1.82, 2.24) is 0 Å². The van der Waals surface area contributed by atoms with Gasteiger partial charge in [0.25, 0.3) is 0 Å². The van der Waals surface area contributed by atoms with E-state index in [9.17, 15) is 28.0 Å². The molecular formula is C18H12N2Na2O6S. The SMILES string of the molecule is Cc1ccc(N=Nc2c([O-])c(C(=O)O)cc3ccccc23)cc1S(=O)(=O)[O-].[Na+].[Na+]. The van der Waals surface area contributed by atoms with Gasteiger partial charge in [-0.25, -0.2) is 13.2 Å². The standard InChI is InChI=1S/C18H14N2O6S.2Na/c1-10-6-7-12(9-15(10)27(24,25)26)19-20-16-13-5-3-2-4-11(13)8-14(17(16)21)18(22)23;;/h2-9,21H,1H3,(H,22,23)(H,24,25,26);;/q;2*+1/p-2. The van der Waals surface area contributed by atoms with Gasteiger partial charge in [0.2, 0.25) is 0 Å². The van der Waals surface area contributed by atoms with Crippen LogP contribution in [0.3, 0.4) is 0 Å². The van der Waals surface area contributed by atoms with E-state index in [1.165, 1.54) is 25.1 Å². The van der Waals surface area contributed by atoms with E-state index >= 15 is 0 Å². The fourth-order valence-electron chi connectivity index (χ4n) is 2.60. The van der Waals surface area contributed by atoms with Crippen molar-refractivity contribution >= 4 is 38.2 Å². The molecule has 0 spiro atoms. The van der Waals surface area contributed by atoms with Crippen LogP contribution in [0.2, 0.25) is 0 Å². The Morgan fingerprint density at radius 3 is 2.31 bits per heavy atom. The molecule has 138 valence electrons. The van der Waals surface area contributed by atoms with Crippen LogP contribution in [0.4, 0.5) is 11.4 Å². The summed E-state index contributed by atoms with van der Waals surface area (Å²) in [5.74, 6) is -2.20. The Balaban J connectivity index is 0.00000210. The molecule has 0 saturated heterocycles. The maximum absolute atomic E-state index is 12.4. The largest absolute Gasteiger partial charge is 1.00 e. The zero-order valence-electron chi connectivity index (χ0n) is 15.9. The number of benzene rings is 3. The number of hydrogen-bond donors (Lipinski definition) is 1. The van der Waals surface area contributed by atoms with E-state index in [2.05, 4.69) is 10.2 Å². The Bertz CT molecular complexity index is 1210. The monoisotopic (exact) mass is 430 g/mol. The fraction of sp³-hybridized carbons (Fsp3) is 0.0556. The van der Waals surface area contributed by atoms with Crippen molar-refractivity contribution in [3.8, 4) is 5.75 Å². The van der Waals surface area contributed by atoms with Gasteiger partial charge in [0, 0.05) is 5.39 Å². The number of aryl methyl sites for hydroxylation is 1. The van der Waals surface area contributed by atoms with Crippen LogP contribution in [0.5, 0.6) is 5.75 Å². The molecule has 0 aliphatic carbocycles. The molecule has 0 unspecified atom stereocenters. The van der Waals surface area contributed by atoms with Crippen LogP contribution in [0, 0.1) is 6.92 Å². The molecule has 0 radical (unpaired) electrons. The Morgan fingerprint density at radius 1 is 1.03 bits per heavy atom. The van der Waals surface area contributed by atoms with Gasteiger partial charge in [-0.05, 0) is 36.1 Å². The van der Waals surface area contributed by atoms with Gasteiger partial charge in [-0.3, -0.25) is 0 Å². The molecule has 0 amide bonds. The third-order valence-electron chi connectivity index (χ3n) is 3.91. The summed E-state index contributed by atoms with van der Waals surface area (Å²) in [4.78, 5) is 10.9. The average molecular weight is 430 g/mol. The molecule has 11 heteroatoms. The molecule has 3 aromatic carbocycles. The van der Waals surface area contributed by atoms with Crippen LogP contribution in [0.25, 0.3) is 10.8 Å². The van der Waals surface area contributed by atoms with E-state index in [1.54, 1.807) is 24.3 Å². The summed E-state index contributed by atoms with van der Waals surface area (Å²) in [5, 5.41) is 30.2. The van der Waals surface area contributed by atoms with Crippen LogP contribution in [0.1, 0.15) is 15.9 Å². The van der Waals surface area contributed by atoms with Gasteiger partial charge in [-0.15, -0.1) is 0 Å². The number of fused-ring (bicyclic) bond motifs is 1. The second-order valence-corrected chi connectivity index (χ2v) is 7.08. The van der Waals surface area contributed by atoms with E-state index in [4.69, 9.17) is 0 Å². The maximum atomic E-state index is 12.4. The Morgan fingerprint density at radius 2 is 1.69 bits per heavy atom. The predicted octanol–water partition coefficient (Wildman–Crippen LogP) is -2.75. The molecule has 3 rings (SSSR count). The first kappa shape index (κ1) is 25.7. The van der Waals surface area contributed by atoms with Crippen molar-refractivity contribution in [3.63, 3.8) is 0 Å². The summed E-state index contributed by atoms with van der Waals surface area (Å²) in [6.45, 7) is 1.46. The molecule has 0 aliphatic heterocycles. The first-order valence-electron chi connectivity index (χ1n) is 7.63. The predicted molar refractivity (Wildman–Crippen MR) is 93.7 cm³/mol. The Kier molecular flexibility index (Phi) is 9.00. The minimum Gasteiger partial charge on any atom is -0.870 e. The molecule has 0 atom stereocenters. The van der Waals surface area contributed by atoms with Crippen molar-refractivity contribution in [3.05, 3.63) is 59.7 Å². The van der Waals surface area contributed by atoms with Gasteiger partial charge in [0.1, 0.15) is 10.1 Å². The number of azo groups is 1. The molecule has 0 aromatic heterocycles. The van der Waals surface area contributed by atoms with Crippen molar-refractivity contribution in [2.45, 2.75) is 11.8 Å². The van der Waals surface area contributed by atoms with Crippen molar-refractivity contribution < 1.29 is 87.1 Å². The molecule has 8 nitrogen and oxygen atoms in total. The summed E-state index contributed by atoms with van der Waals surface area (Å²) >= 11 is 0. The molecule has 0 saturated carbocycles. The molecule has 1 N–H and O–H groups in total. The number of carbonyl (C=O) groups is 1. The van der Waals surface area contributed by atoms with E-state index in [1.807, 2.05) is 0 Å². The van der Waals surface area contributed by atoms with Gasteiger partial charge in [0.15, 0.2) is 0 Å². The van der Waals surface area contributed by atoms with E-state index in [0.717, 1.165) is 6.07 Å². The smallest absolute Gasteiger partial charge is 0.870 e. The van der Waals surface area contributed by atoms with Crippen molar-refractivity contribution in [1.29, 1.82) is 0 Å². The number of rotatable bonds is 4. The van der Waals surface area contributed by atoms with Crippen LogP contribution in [-0.4, -0.2) is 24.0 Å². The first-order chi connectivity index (χ1) is 12.7. The topological polar surface area (TPSA) is 142 Å². The van der Waals surface area contributed by atoms with Gasteiger partial charge < -0.3 is 14.8 Å². The third kappa shape index (κ3) is 5.65. The van der Waals surface area contributed by atoms with Crippen LogP contribution in [-0.2, 0) is 10.1 Å². The van der Waals surface area contributed by atoms with Gasteiger partial charge >= 0.3 is 65.1 Å². The molecule has 0 fully saturated rings. The van der Waals surface area contributed by atoms with Crippen LogP contribution in [0.15, 0.2) is 63.7 Å². The number of aromatic carboxylic acids is 1. The number of carboxylic acids is 1. The van der Waals surface area contributed by atoms with Crippen LogP contribution >= 0.6 is 0 Å². The van der Waals surface area contributed by atoms with Gasteiger partial charge in [-0.1, -0.05) is 36.1 Å². The van der Waals surface area contributed by atoms with E-state index < -0.39 is 32.3 Å². The zero-order valence-corrected chi connectivity index (χ0v) is 20.7. The molecule has 29 heavy (non-hydrogen) atoms. The molecule has 3 aromatic rings. The summed E-state index contributed by atoms with van der Waals surface area (Å²) < 4.78 is 33.9. The quantitative estimate of drug-likeness (QED) is 0.270. The van der Waals surface area contributed by atoms with Gasteiger partial charge in [0.05, 0.1) is 21.8 Å². The molecule has 0 aliphatic rings. The molecule has 0 bridgehead atoms. The van der Waals surface area contributed by atoms with Crippen LogP contribution < -0.4 is 64.2 Å². The van der Waals surface area contributed by atoms with E-state index in [0.29, 0.717) is 10.8 Å². The minimum atomic E-state index is -4.69. The number of nitrogens with zero attached hydrogens (tertiary/aromatic N) is 2. The van der Waals surface area contributed by atoms with Crippen molar-refractivity contribution in [2.24, 2.45) is 10.2 Å². The summed E-state index contributed by atoms with van der Waals surface area (Å²) in [6, 6.07) is 11.7. The molecular weight excluding hydrogens is 418 g/mol. The average Bonchev–Trinajstić information content (AvgIpc) is 2.60. The van der Waals surface area contributed by atoms with Crippen molar-refractivity contribution in [2.75, 3.05) is 0 Å². The van der Waals surface area contributed by atoms with Gasteiger partial charge in [-0.2, -0.15) is 10.2 Å². The number of hydrogen-bond acceptors (Lipinski definition) is 7. The van der Waals surface area contributed by atoms with E-state index in [-0.39, 0.29) is 76.1 Å². The summed E-state index contributed by atoms with van der Waals surface area (Å²) in [6.07, 6.45) is 0.